The van der Waals surface area contributed by atoms with E-state index in [9.17, 15) is 18.0 Å². The Morgan fingerprint density at radius 1 is 1.25 bits per heavy atom. The summed E-state index contributed by atoms with van der Waals surface area (Å²) in [6.07, 6.45) is -3.40. The maximum Gasteiger partial charge on any atom is 0.417 e. The summed E-state index contributed by atoms with van der Waals surface area (Å²) >= 11 is 5.23. The normalized spacial score (nSPS) is 12.0. The van der Waals surface area contributed by atoms with E-state index in [0.29, 0.717) is 0 Å². The van der Waals surface area contributed by atoms with E-state index < -0.39 is 17.0 Å². The third kappa shape index (κ3) is 1.67. The lowest BCUT2D eigenvalue weighted by molar-refractivity contribution is -0.136. The van der Waals surface area contributed by atoms with Crippen LogP contribution in [0.15, 0.2) is 28.9 Å². The molecule has 0 unspecified atom stereocenters. The number of hydrogen-bond donors (Lipinski definition) is 0. The molecule has 0 atom stereocenters. The third-order valence-electron chi connectivity index (χ3n) is 2.13. The van der Waals surface area contributed by atoms with Gasteiger partial charge in [0.1, 0.15) is 5.58 Å². The topological polar surface area (TPSA) is 30.2 Å². The fourth-order valence-corrected chi connectivity index (χ4v) is 1.61. The standard InChI is InChI=1S/C10H4ClF3O2/c11-9(15)6-1-2-7(10(12,13)14)5-3-4-16-8(5)6/h1-4H. The maximum atomic E-state index is 12.6. The van der Waals surface area contributed by atoms with Gasteiger partial charge in [0.05, 0.1) is 17.4 Å². The van der Waals surface area contributed by atoms with Crippen molar-refractivity contribution in [2.24, 2.45) is 0 Å². The lowest BCUT2D eigenvalue weighted by Gasteiger charge is -2.08. The SMILES string of the molecule is O=C(Cl)c1ccc(C(F)(F)F)c2ccoc12. The van der Waals surface area contributed by atoms with Gasteiger partial charge in [-0.3, -0.25) is 4.79 Å². The van der Waals surface area contributed by atoms with Crippen LogP contribution < -0.4 is 0 Å². The zero-order valence-corrected chi connectivity index (χ0v) is 8.39. The quantitative estimate of drug-likeness (QED) is 0.718. The Hall–Kier alpha value is -1.49. The zero-order chi connectivity index (χ0) is 11.9. The largest absolute Gasteiger partial charge is 0.464 e. The molecule has 0 aliphatic heterocycles. The molecule has 0 spiro atoms. The maximum absolute atomic E-state index is 12.6. The summed E-state index contributed by atoms with van der Waals surface area (Å²) in [5.41, 5.74) is -1.07. The average molecular weight is 249 g/mol. The molecule has 0 saturated carbocycles. The van der Waals surface area contributed by atoms with Crippen molar-refractivity contribution < 1.29 is 22.4 Å². The predicted octanol–water partition coefficient (Wildman–Crippen LogP) is 3.83. The van der Waals surface area contributed by atoms with Crippen LogP contribution in [0.1, 0.15) is 15.9 Å². The highest BCUT2D eigenvalue weighted by atomic mass is 35.5. The number of furan rings is 1. The van der Waals surface area contributed by atoms with E-state index in [1.165, 1.54) is 0 Å². The van der Waals surface area contributed by atoms with Gasteiger partial charge in [-0.1, -0.05) is 0 Å². The molecule has 0 radical (unpaired) electrons. The lowest BCUT2D eigenvalue weighted by atomic mass is 10.1. The highest BCUT2D eigenvalue weighted by Crippen LogP contribution is 2.36. The Morgan fingerprint density at radius 3 is 2.50 bits per heavy atom. The Kier molecular flexibility index (Phi) is 2.42. The Labute approximate surface area is 92.6 Å². The summed E-state index contributed by atoms with van der Waals surface area (Å²) in [5, 5.41) is -1.02. The van der Waals surface area contributed by atoms with Gasteiger partial charge in [-0.15, -0.1) is 0 Å². The number of rotatable bonds is 1. The van der Waals surface area contributed by atoms with Crippen LogP contribution in [0.5, 0.6) is 0 Å². The van der Waals surface area contributed by atoms with Crippen LogP contribution in [0.2, 0.25) is 0 Å². The minimum Gasteiger partial charge on any atom is -0.464 e. The Bertz CT molecular complexity index is 557. The van der Waals surface area contributed by atoms with Gasteiger partial charge in [-0.2, -0.15) is 13.2 Å². The molecule has 0 amide bonds. The van der Waals surface area contributed by atoms with Crippen LogP contribution in [0.4, 0.5) is 13.2 Å². The number of fused-ring (bicyclic) bond motifs is 1. The second-order valence-electron chi connectivity index (χ2n) is 3.10. The molecule has 16 heavy (non-hydrogen) atoms. The monoisotopic (exact) mass is 248 g/mol. The minimum atomic E-state index is -4.49. The van der Waals surface area contributed by atoms with Gasteiger partial charge in [0, 0.05) is 5.39 Å². The van der Waals surface area contributed by atoms with Crippen LogP contribution in [-0.2, 0) is 6.18 Å². The van der Waals surface area contributed by atoms with Crippen molar-refractivity contribution in [3.05, 3.63) is 35.6 Å². The van der Waals surface area contributed by atoms with Crippen molar-refractivity contribution in [1.82, 2.24) is 0 Å². The molecular formula is C10H4ClF3O2. The van der Waals surface area contributed by atoms with Gasteiger partial charge >= 0.3 is 6.18 Å². The highest BCUT2D eigenvalue weighted by molar-refractivity contribution is 6.68. The molecule has 0 fully saturated rings. The van der Waals surface area contributed by atoms with E-state index in [1.807, 2.05) is 0 Å². The van der Waals surface area contributed by atoms with Crippen molar-refractivity contribution in [2.45, 2.75) is 6.18 Å². The number of hydrogen-bond acceptors (Lipinski definition) is 2. The summed E-state index contributed by atoms with van der Waals surface area (Å²) in [6.45, 7) is 0. The van der Waals surface area contributed by atoms with Gasteiger partial charge in [0.2, 0.25) is 0 Å². The second kappa shape index (κ2) is 3.52. The number of carbonyl (C=O) groups excluding carboxylic acids is 1. The van der Waals surface area contributed by atoms with Crippen molar-refractivity contribution in [1.29, 1.82) is 0 Å². The molecule has 0 N–H and O–H groups in total. The molecule has 0 saturated heterocycles. The molecule has 2 nitrogen and oxygen atoms in total. The first kappa shape index (κ1) is 11.0. The minimum absolute atomic E-state index is 0.0744. The third-order valence-corrected chi connectivity index (χ3v) is 2.34. The molecule has 0 aliphatic carbocycles. The summed E-state index contributed by atoms with van der Waals surface area (Å²) in [5.74, 6) is 0. The zero-order valence-electron chi connectivity index (χ0n) is 7.64. The summed E-state index contributed by atoms with van der Waals surface area (Å²) in [7, 11) is 0. The second-order valence-corrected chi connectivity index (χ2v) is 3.44. The Morgan fingerprint density at radius 2 is 1.94 bits per heavy atom. The van der Waals surface area contributed by atoms with Crippen molar-refractivity contribution in [3.8, 4) is 0 Å². The van der Waals surface area contributed by atoms with Gasteiger partial charge in [-0.25, -0.2) is 0 Å². The number of halogens is 4. The van der Waals surface area contributed by atoms with E-state index in [-0.39, 0.29) is 16.5 Å². The first-order valence-electron chi connectivity index (χ1n) is 4.18. The van der Waals surface area contributed by atoms with Gasteiger partial charge < -0.3 is 4.42 Å². The predicted molar refractivity (Wildman–Crippen MR) is 51.4 cm³/mol. The molecule has 6 heteroatoms. The van der Waals surface area contributed by atoms with Crippen molar-refractivity contribution in [2.75, 3.05) is 0 Å². The molecule has 0 bridgehead atoms. The molecular weight excluding hydrogens is 245 g/mol. The average Bonchev–Trinajstić information content (AvgIpc) is 2.61. The highest BCUT2D eigenvalue weighted by Gasteiger charge is 2.34. The fourth-order valence-electron chi connectivity index (χ4n) is 1.46. The van der Waals surface area contributed by atoms with E-state index in [2.05, 4.69) is 0 Å². The number of alkyl halides is 3. The molecule has 2 rings (SSSR count). The van der Waals surface area contributed by atoms with Crippen LogP contribution in [0.25, 0.3) is 11.0 Å². The van der Waals surface area contributed by atoms with Crippen molar-refractivity contribution >= 4 is 27.8 Å². The summed E-state index contributed by atoms with van der Waals surface area (Å²) < 4.78 is 42.5. The van der Waals surface area contributed by atoms with Gasteiger partial charge in [0.15, 0.2) is 0 Å². The molecule has 84 valence electrons. The van der Waals surface area contributed by atoms with Crippen LogP contribution in [0, 0.1) is 0 Å². The fraction of sp³-hybridized carbons (Fsp3) is 0.100. The van der Waals surface area contributed by atoms with E-state index in [1.54, 1.807) is 0 Å². The van der Waals surface area contributed by atoms with Crippen LogP contribution >= 0.6 is 11.6 Å². The lowest BCUT2D eigenvalue weighted by Crippen LogP contribution is -2.06. The molecule has 1 heterocycles. The smallest absolute Gasteiger partial charge is 0.417 e. The molecule has 2 aromatic rings. The number of carbonyl (C=O) groups is 1. The van der Waals surface area contributed by atoms with Crippen molar-refractivity contribution in [3.63, 3.8) is 0 Å². The Balaban J connectivity index is 2.79. The van der Waals surface area contributed by atoms with E-state index >= 15 is 0 Å². The van der Waals surface area contributed by atoms with E-state index in [4.69, 9.17) is 16.0 Å². The van der Waals surface area contributed by atoms with Crippen LogP contribution in [-0.4, -0.2) is 5.24 Å². The molecule has 1 aromatic carbocycles. The molecule has 0 aliphatic rings. The van der Waals surface area contributed by atoms with Gasteiger partial charge in [-0.05, 0) is 29.8 Å². The van der Waals surface area contributed by atoms with Gasteiger partial charge in [0.25, 0.3) is 5.24 Å². The molecule has 1 aromatic heterocycles. The first-order chi connectivity index (χ1) is 7.41. The van der Waals surface area contributed by atoms with E-state index in [0.717, 1.165) is 24.5 Å². The summed E-state index contributed by atoms with van der Waals surface area (Å²) in [4.78, 5) is 10.9. The number of benzene rings is 1. The summed E-state index contributed by atoms with van der Waals surface area (Å²) in [6, 6.07) is 2.97. The first-order valence-corrected chi connectivity index (χ1v) is 4.56. The van der Waals surface area contributed by atoms with Crippen LogP contribution in [0.3, 0.4) is 0 Å².